The minimum atomic E-state index is -0.247. The van der Waals surface area contributed by atoms with Crippen LogP contribution in [0.4, 0.5) is 5.69 Å². The maximum atomic E-state index is 13.1. The standard InChI is InChI=1S/C22H19N3O3S/c1-27-18-11-10-15(13-19(18)28-2)23-22(26)17-14-25(16-7-4-3-5-8-16)24-21(17)20-9-6-12-29-20/h3-14H,1-2H3,(H,23,26). The molecule has 0 aliphatic heterocycles. The zero-order chi connectivity index (χ0) is 20.2. The fourth-order valence-electron chi connectivity index (χ4n) is 2.96. The summed E-state index contributed by atoms with van der Waals surface area (Å²) in [5.74, 6) is 0.897. The molecule has 4 aromatic rings. The molecule has 0 saturated heterocycles. The first-order valence-electron chi connectivity index (χ1n) is 8.92. The number of anilines is 1. The zero-order valence-corrected chi connectivity index (χ0v) is 16.8. The fourth-order valence-corrected chi connectivity index (χ4v) is 3.68. The van der Waals surface area contributed by atoms with E-state index >= 15 is 0 Å². The van der Waals surface area contributed by atoms with E-state index in [1.165, 1.54) is 0 Å². The Bertz CT molecular complexity index is 1120. The van der Waals surface area contributed by atoms with Crippen molar-refractivity contribution in [1.82, 2.24) is 9.78 Å². The van der Waals surface area contributed by atoms with Crippen molar-refractivity contribution in [1.29, 1.82) is 0 Å². The number of hydrogen-bond acceptors (Lipinski definition) is 5. The molecule has 0 saturated carbocycles. The van der Waals surface area contributed by atoms with Crippen LogP contribution in [0.15, 0.2) is 72.2 Å². The highest BCUT2D eigenvalue weighted by Crippen LogP contribution is 2.31. The average Bonchev–Trinajstić information content (AvgIpc) is 3.44. The van der Waals surface area contributed by atoms with Crippen LogP contribution in [-0.4, -0.2) is 29.9 Å². The number of thiophene rings is 1. The Morgan fingerprint density at radius 2 is 1.79 bits per heavy atom. The Morgan fingerprint density at radius 1 is 1.00 bits per heavy atom. The SMILES string of the molecule is COc1ccc(NC(=O)c2cn(-c3ccccc3)nc2-c2cccs2)cc1OC. The Labute approximate surface area is 172 Å². The molecule has 0 spiro atoms. The van der Waals surface area contributed by atoms with Gasteiger partial charge in [-0.1, -0.05) is 24.3 Å². The Morgan fingerprint density at radius 3 is 2.48 bits per heavy atom. The normalized spacial score (nSPS) is 10.6. The van der Waals surface area contributed by atoms with E-state index in [4.69, 9.17) is 9.47 Å². The predicted octanol–water partition coefficient (Wildman–Crippen LogP) is 4.87. The number of para-hydroxylation sites is 1. The summed E-state index contributed by atoms with van der Waals surface area (Å²) >= 11 is 1.54. The van der Waals surface area contributed by atoms with Crippen LogP contribution in [0.5, 0.6) is 11.5 Å². The minimum absolute atomic E-state index is 0.247. The van der Waals surface area contributed by atoms with Crippen molar-refractivity contribution in [3.63, 3.8) is 0 Å². The van der Waals surface area contributed by atoms with Crippen molar-refractivity contribution in [2.24, 2.45) is 0 Å². The Balaban J connectivity index is 1.70. The number of aromatic nitrogens is 2. The van der Waals surface area contributed by atoms with Crippen LogP contribution < -0.4 is 14.8 Å². The van der Waals surface area contributed by atoms with E-state index in [9.17, 15) is 4.79 Å². The maximum absolute atomic E-state index is 13.1. The van der Waals surface area contributed by atoms with Crippen molar-refractivity contribution in [2.45, 2.75) is 0 Å². The highest BCUT2D eigenvalue weighted by atomic mass is 32.1. The first kappa shape index (κ1) is 18.8. The quantitative estimate of drug-likeness (QED) is 0.497. The second kappa shape index (κ2) is 8.20. The summed E-state index contributed by atoms with van der Waals surface area (Å²) in [6.45, 7) is 0. The summed E-state index contributed by atoms with van der Waals surface area (Å²) in [5, 5.41) is 9.56. The summed E-state index contributed by atoms with van der Waals surface area (Å²) in [7, 11) is 3.13. The van der Waals surface area contributed by atoms with Gasteiger partial charge in [0.15, 0.2) is 11.5 Å². The Hall–Kier alpha value is -3.58. The summed E-state index contributed by atoms with van der Waals surface area (Å²) in [6, 6.07) is 18.8. The van der Waals surface area contributed by atoms with E-state index in [1.807, 2.05) is 47.8 Å². The molecule has 146 valence electrons. The van der Waals surface area contributed by atoms with Crippen LogP contribution in [0.25, 0.3) is 16.3 Å². The first-order chi connectivity index (χ1) is 14.2. The van der Waals surface area contributed by atoms with Gasteiger partial charge in [0.2, 0.25) is 0 Å². The molecule has 7 heteroatoms. The van der Waals surface area contributed by atoms with Crippen molar-refractivity contribution < 1.29 is 14.3 Å². The number of methoxy groups -OCH3 is 2. The third-order valence-electron chi connectivity index (χ3n) is 4.38. The first-order valence-corrected chi connectivity index (χ1v) is 9.80. The highest BCUT2D eigenvalue weighted by Gasteiger charge is 2.20. The van der Waals surface area contributed by atoms with Gasteiger partial charge in [-0.3, -0.25) is 4.79 Å². The van der Waals surface area contributed by atoms with Crippen LogP contribution in [-0.2, 0) is 0 Å². The molecule has 2 aromatic carbocycles. The molecule has 0 radical (unpaired) electrons. The molecule has 2 aromatic heterocycles. The topological polar surface area (TPSA) is 65.4 Å². The highest BCUT2D eigenvalue weighted by molar-refractivity contribution is 7.13. The van der Waals surface area contributed by atoms with Gasteiger partial charge in [0, 0.05) is 18.0 Å². The number of benzene rings is 2. The molecule has 2 heterocycles. The second-order valence-corrected chi connectivity index (χ2v) is 7.12. The van der Waals surface area contributed by atoms with E-state index in [0.29, 0.717) is 28.4 Å². The van der Waals surface area contributed by atoms with E-state index < -0.39 is 0 Å². The van der Waals surface area contributed by atoms with E-state index in [-0.39, 0.29) is 5.91 Å². The summed E-state index contributed by atoms with van der Waals surface area (Å²) in [5.41, 5.74) is 2.63. The lowest BCUT2D eigenvalue weighted by molar-refractivity contribution is 0.102. The maximum Gasteiger partial charge on any atom is 0.259 e. The molecule has 0 atom stereocenters. The molecule has 29 heavy (non-hydrogen) atoms. The molecule has 1 amide bonds. The number of ether oxygens (including phenoxy) is 2. The average molecular weight is 405 g/mol. The van der Waals surface area contributed by atoms with E-state index in [1.54, 1.807) is 54.6 Å². The van der Waals surface area contributed by atoms with Gasteiger partial charge < -0.3 is 14.8 Å². The van der Waals surface area contributed by atoms with Gasteiger partial charge in [-0.2, -0.15) is 5.10 Å². The van der Waals surface area contributed by atoms with Gasteiger partial charge in [0.25, 0.3) is 5.91 Å². The monoisotopic (exact) mass is 405 g/mol. The van der Waals surface area contributed by atoms with Crippen LogP contribution in [0.3, 0.4) is 0 Å². The van der Waals surface area contributed by atoms with Crippen LogP contribution >= 0.6 is 11.3 Å². The molecule has 0 bridgehead atoms. The van der Waals surface area contributed by atoms with Crippen molar-refractivity contribution >= 4 is 22.9 Å². The van der Waals surface area contributed by atoms with Gasteiger partial charge in [0.1, 0.15) is 5.69 Å². The molecular formula is C22H19N3O3S. The van der Waals surface area contributed by atoms with Crippen molar-refractivity contribution in [3.05, 3.63) is 77.8 Å². The van der Waals surface area contributed by atoms with Crippen LogP contribution in [0, 0.1) is 0 Å². The van der Waals surface area contributed by atoms with Gasteiger partial charge in [-0.05, 0) is 35.7 Å². The fraction of sp³-hybridized carbons (Fsp3) is 0.0909. The van der Waals surface area contributed by atoms with E-state index in [0.717, 1.165) is 10.6 Å². The molecule has 1 N–H and O–H groups in total. The molecular weight excluding hydrogens is 386 g/mol. The largest absolute Gasteiger partial charge is 0.493 e. The second-order valence-electron chi connectivity index (χ2n) is 6.17. The molecule has 0 fully saturated rings. The van der Waals surface area contributed by atoms with Crippen LogP contribution in [0.1, 0.15) is 10.4 Å². The van der Waals surface area contributed by atoms with Crippen LogP contribution in [0.2, 0.25) is 0 Å². The lowest BCUT2D eigenvalue weighted by atomic mass is 10.2. The smallest absolute Gasteiger partial charge is 0.259 e. The molecule has 0 aliphatic rings. The Kier molecular flexibility index (Phi) is 5.31. The number of rotatable bonds is 6. The van der Waals surface area contributed by atoms with Gasteiger partial charge in [-0.25, -0.2) is 4.68 Å². The third-order valence-corrected chi connectivity index (χ3v) is 5.25. The molecule has 0 unspecified atom stereocenters. The number of carbonyl (C=O) groups excluding carboxylic acids is 1. The summed E-state index contributed by atoms with van der Waals surface area (Å²) in [6.07, 6.45) is 1.75. The lowest BCUT2D eigenvalue weighted by Gasteiger charge is -2.10. The predicted molar refractivity (Wildman–Crippen MR) is 114 cm³/mol. The summed E-state index contributed by atoms with van der Waals surface area (Å²) in [4.78, 5) is 14.0. The summed E-state index contributed by atoms with van der Waals surface area (Å²) < 4.78 is 12.3. The minimum Gasteiger partial charge on any atom is -0.493 e. The number of nitrogens with one attached hydrogen (secondary N) is 1. The molecule has 6 nitrogen and oxygen atoms in total. The van der Waals surface area contributed by atoms with Crippen molar-refractivity contribution in [2.75, 3.05) is 19.5 Å². The third kappa shape index (κ3) is 3.86. The van der Waals surface area contributed by atoms with Gasteiger partial charge in [0.05, 0.1) is 30.3 Å². The zero-order valence-electron chi connectivity index (χ0n) is 16.0. The molecule has 0 aliphatic carbocycles. The number of nitrogens with zero attached hydrogens (tertiary/aromatic N) is 2. The number of amides is 1. The van der Waals surface area contributed by atoms with Gasteiger partial charge in [-0.15, -0.1) is 11.3 Å². The number of hydrogen-bond donors (Lipinski definition) is 1. The van der Waals surface area contributed by atoms with Gasteiger partial charge >= 0.3 is 0 Å². The molecule has 4 rings (SSSR count). The van der Waals surface area contributed by atoms with Crippen molar-refractivity contribution in [3.8, 4) is 27.8 Å². The van der Waals surface area contributed by atoms with E-state index in [2.05, 4.69) is 10.4 Å². The number of carbonyl (C=O) groups is 1. The lowest BCUT2D eigenvalue weighted by Crippen LogP contribution is -2.12.